The lowest BCUT2D eigenvalue weighted by molar-refractivity contribution is 0.269. The van der Waals surface area contributed by atoms with Gasteiger partial charge in [-0.05, 0) is 54.1 Å². The lowest BCUT2D eigenvalue weighted by Crippen LogP contribution is -2.07. The van der Waals surface area contributed by atoms with E-state index in [0.717, 1.165) is 30.0 Å². The highest BCUT2D eigenvalue weighted by atomic mass is 32.1. The lowest BCUT2D eigenvalue weighted by Gasteiger charge is -2.17. The van der Waals surface area contributed by atoms with Gasteiger partial charge in [0.05, 0.1) is 6.61 Å². The van der Waals surface area contributed by atoms with Crippen LogP contribution in [-0.4, -0.2) is 16.2 Å². The molecule has 0 unspecified atom stereocenters. The van der Waals surface area contributed by atoms with Crippen LogP contribution in [0.1, 0.15) is 33.6 Å². The Morgan fingerprint density at radius 2 is 1.89 bits per heavy atom. The molecule has 0 saturated heterocycles. The fourth-order valence-corrected chi connectivity index (χ4v) is 2.27. The largest absolute Gasteiger partial charge is 0.494 e. The molecule has 2 rings (SSSR count). The molecule has 1 heterocycles. The molecule has 2 aromatic rings. The molecular weight excluding hydrogens is 256 g/mol. The van der Waals surface area contributed by atoms with E-state index in [1.54, 1.807) is 0 Å². The van der Waals surface area contributed by atoms with Gasteiger partial charge in [-0.25, -0.2) is 0 Å². The Labute approximate surface area is 118 Å². The van der Waals surface area contributed by atoms with Gasteiger partial charge < -0.3 is 4.74 Å². The van der Waals surface area contributed by atoms with Gasteiger partial charge in [0.1, 0.15) is 11.4 Å². The maximum absolute atomic E-state index is 5.74. The Morgan fingerprint density at radius 1 is 1.16 bits per heavy atom. The summed E-state index contributed by atoms with van der Waals surface area (Å²) < 4.78 is 9.61. The van der Waals surface area contributed by atoms with Crippen molar-refractivity contribution in [1.29, 1.82) is 0 Å². The zero-order valence-electron chi connectivity index (χ0n) is 11.7. The van der Waals surface area contributed by atoms with E-state index in [1.165, 1.54) is 18.0 Å². The summed E-state index contributed by atoms with van der Waals surface area (Å²) in [7, 11) is 0. The molecule has 0 radical (unpaired) electrons. The Kier molecular flexibility index (Phi) is 4.53. The van der Waals surface area contributed by atoms with Crippen LogP contribution in [-0.2, 0) is 0 Å². The Balaban J connectivity index is 1.83. The molecule has 0 spiro atoms. The van der Waals surface area contributed by atoms with Gasteiger partial charge >= 0.3 is 0 Å². The molecule has 1 aromatic heterocycles. The maximum Gasteiger partial charge on any atom is 0.119 e. The third kappa shape index (κ3) is 4.63. The molecule has 0 saturated carbocycles. The molecule has 1 aromatic carbocycles. The quantitative estimate of drug-likeness (QED) is 0.759. The summed E-state index contributed by atoms with van der Waals surface area (Å²) in [5.41, 5.74) is 2.38. The molecule has 0 amide bonds. The van der Waals surface area contributed by atoms with E-state index in [-0.39, 0.29) is 0 Å². The van der Waals surface area contributed by atoms with E-state index >= 15 is 0 Å². The number of hydrogen-bond acceptors (Lipinski definition) is 4. The van der Waals surface area contributed by atoms with Gasteiger partial charge in [0.25, 0.3) is 0 Å². The van der Waals surface area contributed by atoms with Gasteiger partial charge in [0, 0.05) is 10.9 Å². The van der Waals surface area contributed by atoms with Gasteiger partial charge in [0.15, 0.2) is 0 Å². The number of ether oxygens (including phenoxy) is 1. The molecule has 0 aliphatic carbocycles. The zero-order valence-corrected chi connectivity index (χ0v) is 12.5. The summed E-state index contributed by atoms with van der Waals surface area (Å²) in [4.78, 5) is 0. The fraction of sp³-hybridized carbons (Fsp3) is 0.467. The van der Waals surface area contributed by atoms with Gasteiger partial charge in [0.2, 0.25) is 0 Å². The van der Waals surface area contributed by atoms with Crippen LogP contribution >= 0.6 is 11.5 Å². The molecule has 19 heavy (non-hydrogen) atoms. The normalized spacial score (nSPS) is 11.5. The van der Waals surface area contributed by atoms with Crippen LogP contribution in [0.2, 0.25) is 0 Å². The monoisotopic (exact) mass is 276 g/mol. The van der Waals surface area contributed by atoms with Crippen molar-refractivity contribution in [2.45, 2.75) is 33.6 Å². The van der Waals surface area contributed by atoms with Crippen LogP contribution in [0.4, 0.5) is 0 Å². The summed E-state index contributed by atoms with van der Waals surface area (Å²) in [6, 6.07) is 8.03. The highest BCUT2D eigenvalue weighted by molar-refractivity contribution is 7.03. The predicted molar refractivity (Wildman–Crippen MR) is 79.5 cm³/mol. The number of benzene rings is 1. The lowest BCUT2D eigenvalue weighted by atomic mass is 9.91. The summed E-state index contributed by atoms with van der Waals surface area (Å²) in [5, 5.41) is 5.99. The minimum atomic E-state index is 0.380. The van der Waals surface area contributed by atoms with Crippen molar-refractivity contribution in [3.05, 3.63) is 29.6 Å². The zero-order chi connectivity index (χ0) is 13.7. The van der Waals surface area contributed by atoms with Crippen molar-refractivity contribution in [2.75, 3.05) is 6.61 Å². The number of aromatic nitrogens is 2. The Bertz CT molecular complexity index is 486. The smallest absolute Gasteiger partial charge is 0.119 e. The molecule has 0 aliphatic rings. The van der Waals surface area contributed by atoms with Crippen LogP contribution in [0, 0.1) is 5.41 Å². The minimum Gasteiger partial charge on any atom is -0.494 e. The molecule has 0 aliphatic heterocycles. The van der Waals surface area contributed by atoms with Crippen LogP contribution in [0.5, 0.6) is 5.75 Å². The average Bonchev–Trinajstić information content (AvgIpc) is 2.88. The maximum atomic E-state index is 5.74. The molecule has 0 fully saturated rings. The summed E-state index contributed by atoms with van der Waals surface area (Å²) in [5.74, 6) is 0.917. The first-order chi connectivity index (χ1) is 9.04. The van der Waals surface area contributed by atoms with Gasteiger partial charge in [-0.1, -0.05) is 25.3 Å². The van der Waals surface area contributed by atoms with Crippen molar-refractivity contribution in [1.82, 2.24) is 9.59 Å². The number of nitrogens with zero attached hydrogens (tertiary/aromatic N) is 2. The Hall–Kier alpha value is -1.42. The van der Waals surface area contributed by atoms with Crippen LogP contribution < -0.4 is 4.74 Å². The number of hydrogen-bond donors (Lipinski definition) is 0. The number of rotatable bonds is 5. The van der Waals surface area contributed by atoms with E-state index in [9.17, 15) is 0 Å². The fourth-order valence-electron chi connectivity index (χ4n) is 1.80. The highest BCUT2D eigenvalue weighted by Crippen LogP contribution is 2.23. The van der Waals surface area contributed by atoms with Gasteiger partial charge in [-0.2, -0.15) is 0 Å². The molecule has 4 heteroatoms. The summed E-state index contributed by atoms with van der Waals surface area (Å²) in [6.07, 6.45) is 2.26. The van der Waals surface area contributed by atoms with Crippen LogP contribution in [0.15, 0.2) is 29.6 Å². The summed E-state index contributed by atoms with van der Waals surface area (Å²) >= 11 is 1.37. The molecule has 0 N–H and O–H groups in total. The minimum absolute atomic E-state index is 0.380. The third-order valence-corrected chi connectivity index (χ3v) is 3.35. The Morgan fingerprint density at radius 3 is 2.47 bits per heavy atom. The van der Waals surface area contributed by atoms with Gasteiger partial charge in [-0.3, -0.25) is 0 Å². The SMILES string of the molecule is CC(C)(C)CCCOc1ccc(-c2csnn2)cc1. The van der Waals surface area contributed by atoms with E-state index < -0.39 is 0 Å². The first kappa shape index (κ1) is 14.0. The van der Waals surface area contributed by atoms with Crippen LogP contribution in [0.25, 0.3) is 11.3 Å². The van der Waals surface area contributed by atoms with E-state index in [0.29, 0.717) is 5.41 Å². The molecule has 3 nitrogen and oxygen atoms in total. The van der Waals surface area contributed by atoms with Gasteiger partial charge in [-0.15, -0.1) is 5.10 Å². The first-order valence-electron chi connectivity index (χ1n) is 6.55. The highest BCUT2D eigenvalue weighted by Gasteiger charge is 2.09. The molecular formula is C15H20N2OS. The average molecular weight is 276 g/mol. The third-order valence-electron chi connectivity index (χ3n) is 2.85. The van der Waals surface area contributed by atoms with E-state index in [2.05, 4.69) is 30.4 Å². The van der Waals surface area contributed by atoms with Crippen molar-refractivity contribution >= 4 is 11.5 Å². The second-order valence-corrected chi connectivity index (χ2v) is 6.44. The first-order valence-corrected chi connectivity index (χ1v) is 7.38. The second-order valence-electron chi connectivity index (χ2n) is 5.83. The van der Waals surface area contributed by atoms with Crippen molar-refractivity contribution < 1.29 is 4.74 Å². The molecule has 102 valence electrons. The summed E-state index contributed by atoms with van der Waals surface area (Å²) in [6.45, 7) is 7.53. The molecule has 0 bridgehead atoms. The second kappa shape index (κ2) is 6.15. The standard InChI is InChI=1S/C15H20N2OS/c1-15(2,3)9-4-10-18-13-7-5-12(6-8-13)14-11-19-17-16-14/h5-8,11H,4,9-10H2,1-3H3. The van der Waals surface area contributed by atoms with E-state index in [1.807, 2.05) is 29.6 Å². The van der Waals surface area contributed by atoms with Crippen molar-refractivity contribution in [3.8, 4) is 17.0 Å². The van der Waals surface area contributed by atoms with Crippen molar-refractivity contribution in [3.63, 3.8) is 0 Å². The van der Waals surface area contributed by atoms with E-state index in [4.69, 9.17) is 4.74 Å². The van der Waals surface area contributed by atoms with Crippen LogP contribution in [0.3, 0.4) is 0 Å². The topological polar surface area (TPSA) is 35.0 Å². The predicted octanol–water partition coefficient (Wildman–Crippen LogP) is 4.41. The van der Waals surface area contributed by atoms with Crippen molar-refractivity contribution in [2.24, 2.45) is 5.41 Å². The molecule has 0 atom stereocenters.